The van der Waals surface area contributed by atoms with Crippen molar-refractivity contribution in [2.75, 3.05) is 0 Å². The summed E-state index contributed by atoms with van der Waals surface area (Å²) in [4.78, 5) is 12.9. The first kappa shape index (κ1) is 14.4. The van der Waals surface area contributed by atoms with Crippen molar-refractivity contribution in [3.8, 4) is 0 Å². The van der Waals surface area contributed by atoms with Crippen molar-refractivity contribution in [1.29, 1.82) is 0 Å². The van der Waals surface area contributed by atoms with Crippen molar-refractivity contribution in [2.24, 2.45) is 35.5 Å². The highest BCUT2D eigenvalue weighted by molar-refractivity contribution is 5.69. The highest BCUT2D eigenvalue weighted by Gasteiger charge is 2.55. The van der Waals surface area contributed by atoms with E-state index in [1.165, 1.54) is 57.8 Å². The smallest absolute Gasteiger partial charge is 0.408 e. The zero-order valence-corrected chi connectivity index (χ0v) is 14.8. The standard InChI is InChI=1S/C21H31NO2/c23-19(22-20-7-13-1-14(8-20)3-15(2-13)9-20)24-21-10-16-4-17(11-21)6-18(5-16)12-21/h13-18H,1-12H2,(H,22,23). The maximum absolute atomic E-state index is 12.9. The van der Waals surface area contributed by atoms with E-state index >= 15 is 0 Å². The number of ether oxygens (including phenoxy) is 1. The van der Waals surface area contributed by atoms with Crippen LogP contribution in [-0.4, -0.2) is 17.2 Å². The van der Waals surface area contributed by atoms with Gasteiger partial charge in [0, 0.05) is 5.54 Å². The summed E-state index contributed by atoms with van der Waals surface area (Å²) >= 11 is 0. The number of hydrogen-bond donors (Lipinski definition) is 1. The van der Waals surface area contributed by atoms with Crippen LogP contribution in [0.4, 0.5) is 4.79 Å². The van der Waals surface area contributed by atoms with E-state index in [9.17, 15) is 4.79 Å². The molecule has 0 aromatic heterocycles. The van der Waals surface area contributed by atoms with Gasteiger partial charge in [-0.25, -0.2) is 4.79 Å². The SMILES string of the molecule is O=C(NC12CC3CC(CC(C3)C1)C2)OC12CC3CC(CC(C3)C1)C2. The number of amides is 1. The topological polar surface area (TPSA) is 38.3 Å². The Morgan fingerprint density at radius 2 is 1.04 bits per heavy atom. The van der Waals surface area contributed by atoms with Crippen LogP contribution in [-0.2, 0) is 4.74 Å². The van der Waals surface area contributed by atoms with Gasteiger partial charge >= 0.3 is 6.09 Å². The fourth-order valence-corrected chi connectivity index (χ4v) is 8.86. The molecule has 8 fully saturated rings. The summed E-state index contributed by atoms with van der Waals surface area (Å²) in [5.74, 6) is 5.12. The molecule has 3 heteroatoms. The van der Waals surface area contributed by atoms with Crippen LogP contribution in [0.1, 0.15) is 77.0 Å². The van der Waals surface area contributed by atoms with Crippen LogP contribution < -0.4 is 5.32 Å². The Hall–Kier alpha value is -0.730. The number of nitrogens with one attached hydrogen (secondary N) is 1. The molecule has 0 spiro atoms. The first-order valence-electron chi connectivity index (χ1n) is 10.6. The minimum Gasteiger partial charge on any atom is -0.443 e. The lowest BCUT2D eigenvalue weighted by Crippen LogP contribution is -2.61. The molecule has 0 aromatic carbocycles. The fourth-order valence-electron chi connectivity index (χ4n) is 8.86. The summed E-state index contributed by atoms with van der Waals surface area (Å²) in [5.41, 5.74) is -0.00471. The number of alkyl carbamates (subject to hydrolysis) is 1. The van der Waals surface area contributed by atoms with E-state index in [-0.39, 0.29) is 17.2 Å². The van der Waals surface area contributed by atoms with E-state index in [2.05, 4.69) is 5.32 Å². The van der Waals surface area contributed by atoms with Gasteiger partial charge in [0.15, 0.2) is 0 Å². The molecule has 1 amide bonds. The van der Waals surface area contributed by atoms with Gasteiger partial charge in [0.2, 0.25) is 0 Å². The van der Waals surface area contributed by atoms with Crippen molar-refractivity contribution in [3.63, 3.8) is 0 Å². The van der Waals surface area contributed by atoms with E-state index in [1.807, 2.05) is 0 Å². The lowest BCUT2D eigenvalue weighted by Gasteiger charge is -2.58. The zero-order chi connectivity index (χ0) is 15.9. The number of rotatable bonds is 2. The van der Waals surface area contributed by atoms with Crippen molar-refractivity contribution in [1.82, 2.24) is 5.32 Å². The third-order valence-electron chi connectivity index (χ3n) is 8.70. The van der Waals surface area contributed by atoms with Crippen LogP contribution in [0.3, 0.4) is 0 Å². The molecule has 24 heavy (non-hydrogen) atoms. The lowest BCUT2D eigenvalue weighted by atomic mass is 9.53. The minimum atomic E-state index is -0.0961. The molecule has 0 radical (unpaired) electrons. The van der Waals surface area contributed by atoms with Crippen LogP contribution in [0.2, 0.25) is 0 Å². The van der Waals surface area contributed by atoms with E-state index in [0.717, 1.165) is 54.8 Å². The molecule has 0 aliphatic heterocycles. The molecule has 8 rings (SSSR count). The second-order valence-electron chi connectivity index (χ2n) is 10.8. The molecule has 132 valence electrons. The molecular formula is C21H31NO2. The number of carbonyl (C=O) groups is 1. The Kier molecular flexibility index (Phi) is 2.83. The summed E-state index contributed by atoms with van der Waals surface area (Å²) in [6, 6.07) is 0. The van der Waals surface area contributed by atoms with Gasteiger partial charge in [-0.2, -0.15) is 0 Å². The maximum atomic E-state index is 12.9. The normalized spacial score (nSPS) is 56.5. The summed E-state index contributed by atoms with van der Waals surface area (Å²) in [6.45, 7) is 0. The molecule has 8 aliphatic carbocycles. The Balaban J connectivity index is 1.17. The molecular weight excluding hydrogens is 298 g/mol. The molecule has 0 saturated heterocycles. The Bertz CT molecular complexity index is 450. The van der Waals surface area contributed by atoms with Crippen molar-refractivity contribution < 1.29 is 9.53 Å². The third-order valence-corrected chi connectivity index (χ3v) is 8.70. The summed E-state index contributed by atoms with van der Waals surface area (Å²) in [6.07, 6.45) is 15.5. The molecule has 0 atom stereocenters. The first-order chi connectivity index (χ1) is 11.6. The maximum Gasteiger partial charge on any atom is 0.408 e. The Labute approximate surface area is 145 Å². The average Bonchev–Trinajstić information content (AvgIpc) is 2.42. The van der Waals surface area contributed by atoms with E-state index in [0.29, 0.717) is 0 Å². The highest BCUT2D eigenvalue weighted by Crippen LogP contribution is 2.58. The molecule has 0 heterocycles. The van der Waals surface area contributed by atoms with Gasteiger partial charge in [0.25, 0.3) is 0 Å². The highest BCUT2D eigenvalue weighted by atomic mass is 16.6. The zero-order valence-electron chi connectivity index (χ0n) is 14.8. The van der Waals surface area contributed by atoms with Gasteiger partial charge in [-0.15, -0.1) is 0 Å². The lowest BCUT2D eigenvalue weighted by molar-refractivity contribution is -0.130. The van der Waals surface area contributed by atoms with Crippen LogP contribution in [0.5, 0.6) is 0 Å². The largest absolute Gasteiger partial charge is 0.443 e. The minimum absolute atomic E-state index is 0.0705. The van der Waals surface area contributed by atoms with Crippen LogP contribution in [0.15, 0.2) is 0 Å². The molecule has 0 unspecified atom stereocenters. The van der Waals surface area contributed by atoms with Crippen molar-refractivity contribution in [2.45, 2.75) is 88.2 Å². The van der Waals surface area contributed by atoms with Crippen LogP contribution in [0, 0.1) is 35.5 Å². The van der Waals surface area contributed by atoms with E-state index in [4.69, 9.17) is 4.74 Å². The number of hydrogen-bond acceptors (Lipinski definition) is 2. The van der Waals surface area contributed by atoms with E-state index in [1.54, 1.807) is 0 Å². The van der Waals surface area contributed by atoms with Crippen molar-refractivity contribution >= 4 is 6.09 Å². The average molecular weight is 329 g/mol. The van der Waals surface area contributed by atoms with Crippen molar-refractivity contribution in [3.05, 3.63) is 0 Å². The predicted octanol–water partition coefficient (Wildman–Crippen LogP) is 4.65. The predicted molar refractivity (Wildman–Crippen MR) is 91.4 cm³/mol. The van der Waals surface area contributed by atoms with Crippen LogP contribution in [0.25, 0.3) is 0 Å². The van der Waals surface area contributed by atoms with Gasteiger partial charge in [-0.3, -0.25) is 0 Å². The Morgan fingerprint density at radius 1 is 0.667 bits per heavy atom. The third kappa shape index (κ3) is 2.18. The summed E-state index contributed by atoms with van der Waals surface area (Å²) in [7, 11) is 0. The molecule has 1 N–H and O–H groups in total. The van der Waals surface area contributed by atoms with Gasteiger partial charge in [0.05, 0.1) is 0 Å². The molecule has 8 saturated carbocycles. The first-order valence-corrected chi connectivity index (χ1v) is 10.6. The van der Waals surface area contributed by atoms with Gasteiger partial charge in [-0.05, 0) is 113 Å². The second kappa shape index (κ2) is 4.71. The molecule has 0 aromatic rings. The van der Waals surface area contributed by atoms with Gasteiger partial charge < -0.3 is 10.1 Å². The van der Waals surface area contributed by atoms with Gasteiger partial charge in [0.1, 0.15) is 5.60 Å². The van der Waals surface area contributed by atoms with E-state index < -0.39 is 0 Å². The second-order valence-corrected chi connectivity index (χ2v) is 10.8. The molecule has 3 nitrogen and oxygen atoms in total. The molecule has 8 bridgehead atoms. The molecule has 8 aliphatic rings. The Morgan fingerprint density at radius 3 is 1.46 bits per heavy atom. The van der Waals surface area contributed by atoms with Crippen LogP contribution >= 0.6 is 0 Å². The quantitative estimate of drug-likeness (QED) is 0.801. The monoisotopic (exact) mass is 329 g/mol. The fraction of sp³-hybridized carbons (Fsp3) is 0.952. The summed E-state index contributed by atoms with van der Waals surface area (Å²) < 4.78 is 6.24. The summed E-state index contributed by atoms with van der Waals surface area (Å²) in [5, 5.41) is 3.44. The number of carbonyl (C=O) groups excluding carboxylic acids is 1. The van der Waals surface area contributed by atoms with Gasteiger partial charge in [-0.1, -0.05) is 0 Å².